The van der Waals surface area contributed by atoms with E-state index in [1.807, 2.05) is 0 Å². The maximum atomic E-state index is 5.95. The molecule has 0 saturated carbocycles. The molecule has 0 aliphatic rings. The Bertz CT molecular complexity index is 657. The third-order valence-corrected chi connectivity index (χ3v) is 3.33. The molecule has 0 amide bonds. The zero-order chi connectivity index (χ0) is 16.1. The minimum atomic E-state index is 0.532. The number of aliphatic imine (C=N–C) groups is 1. The molecular weight excluding hydrogens is 325 g/mol. The van der Waals surface area contributed by atoms with Crippen LogP contribution in [0.3, 0.4) is 0 Å². The van der Waals surface area contributed by atoms with Crippen molar-refractivity contribution >= 4 is 35.1 Å². The first-order valence-corrected chi connectivity index (χ1v) is 7.13. The van der Waals surface area contributed by atoms with Crippen LogP contribution in [-0.2, 0) is 0 Å². The summed E-state index contributed by atoms with van der Waals surface area (Å²) in [6.45, 7) is 0. The van der Waals surface area contributed by atoms with E-state index in [0.717, 1.165) is 5.56 Å². The zero-order valence-corrected chi connectivity index (χ0v) is 13.9. The minimum Gasteiger partial charge on any atom is -0.493 e. The lowest BCUT2D eigenvalue weighted by molar-refractivity contribution is 0.324. The van der Waals surface area contributed by atoms with Crippen molar-refractivity contribution in [3.63, 3.8) is 0 Å². The molecule has 0 saturated heterocycles. The number of benzene rings is 2. The third kappa shape index (κ3) is 3.84. The molecule has 4 nitrogen and oxygen atoms in total. The van der Waals surface area contributed by atoms with E-state index >= 15 is 0 Å². The van der Waals surface area contributed by atoms with E-state index < -0.39 is 0 Å². The summed E-state index contributed by atoms with van der Waals surface area (Å²) in [7, 11) is 4.69. The van der Waals surface area contributed by atoms with Gasteiger partial charge in [0.1, 0.15) is 0 Å². The monoisotopic (exact) mass is 339 g/mol. The van der Waals surface area contributed by atoms with Gasteiger partial charge >= 0.3 is 0 Å². The highest BCUT2D eigenvalue weighted by atomic mass is 35.5. The van der Waals surface area contributed by atoms with Crippen molar-refractivity contribution in [3.05, 3.63) is 45.9 Å². The van der Waals surface area contributed by atoms with Gasteiger partial charge in [0.2, 0.25) is 5.75 Å². The fourth-order valence-corrected chi connectivity index (χ4v) is 2.45. The van der Waals surface area contributed by atoms with Crippen LogP contribution in [-0.4, -0.2) is 27.5 Å². The van der Waals surface area contributed by atoms with Crippen molar-refractivity contribution in [2.24, 2.45) is 4.99 Å². The van der Waals surface area contributed by atoms with Crippen molar-refractivity contribution in [1.29, 1.82) is 0 Å². The van der Waals surface area contributed by atoms with Gasteiger partial charge < -0.3 is 14.2 Å². The molecule has 0 N–H and O–H groups in total. The van der Waals surface area contributed by atoms with Gasteiger partial charge in [-0.1, -0.05) is 23.2 Å². The number of nitrogens with zero attached hydrogens (tertiary/aromatic N) is 1. The van der Waals surface area contributed by atoms with Gasteiger partial charge in [-0.2, -0.15) is 0 Å². The topological polar surface area (TPSA) is 40.0 Å². The maximum absolute atomic E-state index is 5.95. The summed E-state index contributed by atoms with van der Waals surface area (Å²) >= 11 is 11.9. The summed E-state index contributed by atoms with van der Waals surface area (Å²) < 4.78 is 15.9. The lowest BCUT2D eigenvalue weighted by Gasteiger charge is -2.12. The molecule has 0 unspecified atom stereocenters. The Morgan fingerprint density at radius 2 is 1.36 bits per heavy atom. The second kappa shape index (κ2) is 7.38. The molecule has 0 bridgehead atoms. The summed E-state index contributed by atoms with van der Waals surface area (Å²) in [5.41, 5.74) is 1.46. The van der Waals surface area contributed by atoms with Gasteiger partial charge in [0.25, 0.3) is 0 Å². The second-order valence-electron chi connectivity index (χ2n) is 4.34. The van der Waals surface area contributed by atoms with Crippen LogP contribution >= 0.6 is 23.2 Å². The van der Waals surface area contributed by atoms with Gasteiger partial charge in [-0.3, -0.25) is 4.99 Å². The fraction of sp³-hybridized carbons (Fsp3) is 0.188. The second-order valence-corrected chi connectivity index (χ2v) is 5.22. The molecule has 2 aromatic carbocycles. The molecule has 0 aromatic heterocycles. The van der Waals surface area contributed by atoms with E-state index in [1.54, 1.807) is 57.9 Å². The quantitative estimate of drug-likeness (QED) is 0.736. The largest absolute Gasteiger partial charge is 0.493 e. The number of halogens is 2. The van der Waals surface area contributed by atoms with Crippen LogP contribution in [0.4, 0.5) is 5.69 Å². The fourth-order valence-electron chi connectivity index (χ4n) is 1.94. The summed E-state index contributed by atoms with van der Waals surface area (Å²) in [4.78, 5) is 4.36. The van der Waals surface area contributed by atoms with Crippen LogP contribution in [0.5, 0.6) is 17.2 Å². The Kier molecular flexibility index (Phi) is 5.52. The molecule has 0 atom stereocenters. The zero-order valence-electron chi connectivity index (χ0n) is 12.4. The third-order valence-electron chi connectivity index (χ3n) is 2.90. The summed E-state index contributed by atoms with van der Waals surface area (Å²) in [5.74, 6) is 1.66. The first kappa shape index (κ1) is 16.5. The predicted molar refractivity (Wildman–Crippen MR) is 89.8 cm³/mol. The average molecular weight is 340 g/mol. The van der Waals surface area contributed by atoms with E-state index in [-0.39, 0.29) is 0 Å². The predicted octanol–water partition coefficient (Wildman–Crippen LogP) is 4.77. The van der Waals surface area contributed by atoms with Crippen LogP contribution in [0.15, 0.2) is 35.3 Å². The van der Waals surface area contributed by atoms with E-state index in [4.69, 9.17) is 37.4 Å². The maximum Gasteiger partial charge on any atom is 0.203 e. The van der Waals surface area contributed by atoms with Crippen LogP contribution in [0.25, 0.3) is 0 Å². The smallest absolute Gasteiger partial charge is 0.203 e. The van der Waals surface area contributed by atoms with Crippen molar-refractivity contribution in [2.75, 3.05) is 21.3 Å². The summed E-state index contributed by atoms with van der Waals surface area (Å²) in [6, 6.07) is 8.71. The number of ether oxygens (including phenoxy) is 3. The molecular formula is C16H15Cl2NO3. The van der Waals surface area contributed by atoms with E-state index in [2.05, 4.69) is 4.99 Å². The molecule has 0 aliphatic carbocycles. The van der Waals surface area contributed by atoms with Gasteiger partial charge in [0, 0.05) is 21.8 Å². The number of hydrogen-bond acceptors (Lipinski definition) is 4. The molecule has 0 aliphatic heterocycles. The average Bonchev–Trinajstić information content (AvgIpc) is 2.50. The molecule has 116 valence electrons. The standard InChI is InChI=1S/C16H15Cl2NO3/c1-20-14-4-10(5-15(21-2)16(14)22-3)9-19-13-7-11(17)6-12(18)8-13/h4-9H,1-3H3. The van der Waals surface area contributed by atoms with Gasteiger partial charge in [-0.05, 0) is 30.3 Å². The minimum absolute atomic E-state index is 0.532. The number of methoxy groups -OCH3 is 3. The van der Waals surface area contributed by atoms with Crippen molar-refractivity contribution in [1.82, 2.24) is 0 Å². The number of rotatable bonds is 5. The molecule has 0 fully saturated rings. The highest BCUT2D eigenvalue weighted by Gasteiger charge is 2.12. The Balaban J connectivity index is 2.38. The van der Waals surface area contributed by atoms with Crippen LogP contribution in [0.1, 0.15) is 5.56 Å². The van der Waals surface area contributed by atoms with E-state index in [1.165, 1.54) is 0 Å². The Hall–Kier alpha value is -1.91. The van der Waals surface area contributed by atoms with E-state index in [0.29, 0.717) is 33.0 Å². The van der Waals surface area contributed by atoms with Crippen LogP contribution < -0.4 is 14.2 Å². The highest BCUT2D eigenvalue weighted by molar-refractivity contribution is 6.35. The lowest BCUT2D eigenvalue weighted by atomic mass is 10.2. The Labute approximate surface area is 139 Å². The number of hydrogen-bond donors (Lipinski definition) is 0. The molecule has 2 aromatic rings. The van der Waals surface area contributed by atoms with Crippen molar-refractivity contribution < 1.29 is 14.2 Å². The van der Waals surface area contributed by atoms with E-state index in [9.17, 15) is 0 Å². The first-order chi connectivity index (χ1) is 10.6. The molecule has 2 rings (SSSR count). The molecule has 22 heavy (non-hydrogen) atoms. The Morgan fingerprint density at radius 3 is 1.82 bits per heavy atom. The molecule has 6 heteroatoms. The highest BCUT2D eigenvalue weighted by Crippen LogP contribution is 2.37. The van der Waals surface area contributed by atoms with Crippen molar-refractivity contribution in [2.45, 2.75) is 0 Å². The van der Waals surface area contributed by atoms with Gasteiger partial charge in [-0.15, -0.1) is 0 Å². The van der Waals surface area contributed by atoms with Gasteiger partial charge in [0.15, 0.2) is 11.5 Å². The van der Waals surface area contributed by atoms with Gasteiger partial charge in [-0.25, -0.2) is 0 Å². The van der Waals surface area contributed by atoms with Crippen LogP contribution in [0, 0.1) is 0 Å². The lowest BCUT2D eigenvalue weighted by Crippen LogP contribution is -1.96. The van der Waals surface area contributed by atoms with Gasteiger partial charge in [0.05, 0.1) is 27.0 Å². The van der Waals surface area contributed by atoms with Crippen LogP contribution in [0.2, 0.25) is 10.0 Å². The normalized spacial score (nSPS) is 10.8. The molecule has 0 radical (unpaired) electrons. The summed E-state index contributed by atoms with van der Waals surface area (Å²) in [5, 5.41) is 1.06. The van der Waals surface area contributed by atoms with Crippen molar-refractivity contribution in [3.8, 4) is 17.2 Å². The summed E-state index contributed by atoms with van der Waals surface area (Å²) in [6.07, 6.45) is 1.67. The molecule has 0 spiro atoms. The Morgan fingerprint density at radius 1 is 0.818 bits per heavy atom. The SMILES string of the molecule is COc1cc(C=Nc2cc(Cl)cc(Cl)c2)cc(OC)c1OC. The first-order valence-electron chi connectivity index (χ1n) is 6.37. The molecule has 0 heterocycles.